The van der Waals surface area contributed by atoms with Crippen molar-refractivity contribution in [2.75, 3.05) is 20.6 Å². The Balaban J connectivity index is 1.68. The number of likely N-dealkylation sites (N-methyl/N-ethyl adjacent to an activating group) is 1. The van der Waals surface area contributed by atoms with Gasteiger partial charge in [-0.15, -0.1) is 0 Å². The highest BCUT2D eigenvalue weighted by molar-refractivity contribution is 6.24. The number of hydrogen-bond acceptors (Lipinski definition) is 9. The third-order valence-electron chi connectivity index (χ3n) is 8.57. The van der Waals surface area contributed by atoms with E-state index in [1.54, 1.807) is 18.2 Å². The van der Waals surface area contributed by atoms with Crippen LogP contribution in [-0.4, -0.2) is 75.1 Å². The lowest BCUT2D eigenvalue weighted by Crippen LogP contribution is -2.65. The van der Waals surface area contributed by atoms with Crippen molar-refractivity contribution < 1.29 is 39.2 Å². The normalized spacial score (nSPS) is 26.1. The molecule has 0 bridgehead atoms. The molecule has 1 saturated carbocycles. The highest BCUT2D eigenvalue weighted by Gasteiger charge is 2.64. The van der Waals surface area contributed by atoms with Crippen molar-refractivity contribution in [1.29, 1.82) is 0 Å². The van der Waals surface area contributed by atoms with Crippen molar-refractivity contribution in [3.05, 3.63) is 57.6 Å². The first-order valence-corrected chi connectivity index (χ1v) is 13.5. The molecular weight excluding hydrogens is 533 g/mol. The minimum absolute atomic E-state index is 0.00583. The van der Waals surface area contributed by atoms with Gasteiger partial charge in [0.15, 0.2) is 11.4 Å². The number of halogens is 1. The zero-order chi connectivity index (χ0) is 30.1. The van der Waals surface area contributed by atoms with E-state index < -0.39 is 69.6 Å². The SMILES string of the molecule is CC(C)CNCc1ccc2c(F)c3c(c(O)c2c1)C(O)=C1C(=O)[C@]2(O)C(O)=C(C(N)=O)C(=O)[C@@H](N(C)C)[C@@H]2C[C@@H]1C3. The molecule has 3 aliphatic rings. The number of nitrogens with two attached hydrogens (primary N) is 1. The quantitative estimate of drug-likeness (QED) is 0.285. The molecule has 0 radical (unpaired) electrons. The number of phenols is 1. The van der Waals surface area contributed by atoms with Crippen LogP contribution in [-0.2, 0) is 27.3 Å². The van der Waals surface area contributed by atoms with E-state index in [-0.39, 0.29) is 40.3 Å². The number of hydrogen-bond donors (Lipinski definition) is 6. The Morgan fingerprint density at radius 2 is 1.88 bits per heavy atom. The molecule has 2 aromatic carbocycles. The van der Waals surface area contributed by atoms with Crippen molar-refractivity contribution in [2.24, 2.45) is 23.5 Å². The number of carbonyl (C=O) groups excluding carboxylic acids is 3. The summed E-state index contributed by atoms with van der Waals surface area (Å²) in [5.74, 6) is -7.90. The Kier molecular flexibility index (Phi) is 6.96. The summed E-state index contributed by atoms with van der Waals surface area (Å²) in [6, 6.07) is 3.72. The Hall–Kier alpha value is -3.80. The van der Waals surface area contributed by atoms with Crippen molar-refractivity contribution >= 4 is 34.0 Å². The first kappa shape index (κ1) is 28.7. The molecule has 4 atom stereocenters. The van der Waals surface area contributed by atoms with Crippen LogP contribution in [0.3, 0.4) is 0 Å². The summed E-state index contributed by atoms with van der Waals surface area (Å²) in [5, 5.41) is 48.9. The van der Waals surface area contributed by atoms with E-state index in [0.717, 1.165) is 12.1 Å². The summed E-state index contributed by atoms with van der Waals surface area (Å²) < 4.78 is 16.0. The van der Waals surface area contributed by atoms with Crippen molar-refractivity contribution in [3.8, 4) is 5.75 Å². The number of phenolic OH excluding ortho intramolecular Hbond substituents is 1. The summed E-state index contributed by atoms with van der Waals surface area (Å²) in [5.41, 5.74) is 1.91. The maximum Gasteiger partial charge on any atom is 0.255 e. The molecule has 1 fully saturated rings. The van der Waals surface area contributed by atoms with Crippen LogP contribution >= 0.6 is 0 Å². The summed E-state index contributed by atoms with van der Waals surface area (Å²) in [4.78, 5) is 40.7. The Morgan fingerprint density at radius 1 is 1.20 bits per heavy atom. The number of nitrogens with one attached hydrogen (secondary N) is 1. The van der Waals surface area contributed by atoms with Gasteiger partial charge in [0.05, 0.1) is 11.6 Å². The number of fused-ring (bicyclic) bond motifs is 4. The molecule has 41 heavy (non-hydrogen) atoms. The van der Waals surface area contributed by atoms with Crippen molar-refractivity contribution in [3.63, 3.8) is 0 Å². The fourth-order valence-corrected chi connectivity index (χ4v) is 6.72. The fourth-order valence-electron chi connectivity index (χ4n) is 6.72. The monoisotopic (exact) mass is 567 g/mol. The molecule has 2 aromatic rings. The minimum Gasteiger partial charge on any atom is -0.508 e. The van der Waals surface area contributed by atoms with Crippen LogP contribution in [0.2, 0.25) is 0 Å². The highest BCUT2D eigenvalue weighted by Crippen LogP contribution is 2.53. The third kappa shape index (κ3) is 4.13. The largest absolute Gasteiger partial charge is 0.508 e. The van der Waals surface area contributed by atoms with E-state index >= 15 is 4.39 Å². The number of rotatable bonds is 6. The average molecular weight is 568 g/mol. The van der Waals surface area contributed by atoms with Gasteiger partial charge in [0.1, 0.15) is 28.7 Å². The molecule has 10 nitrogen and oxygen atoms in total. The number of primary amides is 1. The Bertz CT molecular complexity index is 1580. The minimum atomic E-state index is -2.75. The number of aliphatic hydroxyl groups excluding tert-OH is 2. The molecule has 7 N–H and O–H groups in total. The fraction of sp³-hybridized carbons (Fsp3) is 0.433. The summed E-state index contributed by atoms with van der Waals surface area (Å²) in [7, 11) is 3.04. The lowest BCUT2D eigenvalue weighted by atomic mass is 9.57. The molecular formula is C30H34FN3O7. The number of aliphatic hydroxyl groups is 3. The van der Waals surface area contributed by atoms with Crippen LogP contribution in [0.25, 0.3) is 16.5 Å². The molecule has 0 spiro atoms. The van der Waals surface area contributed by atoms with Gasteiger partial charge < -0.3 is 31.5 Å². The second-order valence-electron chi connectivity index (χ2n) is 11.9. The van der Waals surface area contributed by atoms with Crippen LogP contribution in [0.15, 0.2) is 35.1 Å². The second kappa shape index (κ2) is 9.93. The van der Waals surface area contributed by atoms with E-state index in [0.29, 0.717) is 12.5 Å². The number of aromatic hydroxyl groups is 1. The number of benzene rings is 2. The molecule has 0 aliphatic heterocycles. The zero-order valence-electron chi connectivity index (χ0n) is 23.3. The smallest absolute Gasteiger partial charge is 0.255 e. The number of carbonyl (C=O) groups is 3. The van der Waals surface area contributed by atoms with E-state index in [1.807, 2.05) is 0 Å². The molecule has 11 heteroatoms. The van der Waals surface area contributed by atoms with Gasteiger partial charge in [-0.25, -0.2) is 4.39 Å². The lowest BCUT2D eigenvalue weighted by molar-refractivity contribution is -0.153. The third-order valence-corrected chi connectivity index (χ3v) is 8.57. The average Bonchev–Trinajstić information content (AvgIpc) is 2.88. The van der Waals surface area contributed by atoms with Gasteiger partial charge in [0.2, 0.25) is 5.78 Å². The summed E-state index contributed by atoms with van der Waals surface area (Å²) in [6.45, 7) is 5.34. The molecule has 0 heterocycles. The standard InChI is InChI=1S/C30H34FN3O7/c1-12(2)10-33-11-13-5-6-15-16(7-13)24(35)20-17(22(15)31)8-14-9-18-23(34(3)4)26(37)21(29(32)40)28(39)30(18,41)27(38)19(14)25(20)36/h5-7,12,14,18,23,33,35-36,39,41H,8-11H2,1-4H3,(H2,32,40)/t14-,18-,23-,30-/m0/s1. The van der Waals surface area contributed by atoms with Gasteiger partial charge in [-0.05, 0) is 56.9 Å². The molecule has 218 valence electrons. The zero-order valence-corrected chi connectivity index (χ0v) is 23.3. The van der Waals surface area contributed by atoms with Gasteiger partial charge in [0.25, 0.3) is 5.91 Å². The topological polar surface area (TPSA) is 173 Å². The predicted molar refractivity (Wildman–Crippen MR) is 148 cm³/mol. The first-order chi connectivity index (χ1) is 19.2. The van der Waals surface area contributed by atoms with E-state index in [2.05, 4.69) is 19.2 Å². The van der Waals surface area contributed by atoms with E-state index in [1.165, 1.54) is 19.0 Å². The molecule has 5 rings (SSSR count). The molecule has 1 amide bonds. The predicted octanol–water partition coefficient (Wildman–Crippen LogP) is 2.00. The number of ketones is 2. The lowest BCUT2D eigenvalue weighted by Gasteiger charge is -2.50. The first-order valence-electron chi connectivity index (χ1n) is 13.5. The van der Waals surface area contributed by atoms with Crippen molar-refractivity contribution in [1.82, 2.24) is 10.2 Å². The van der Waals surface area contributed by atoms with Gasteiger partial charge in [-0.2, -0.15) is 0 Å². The van der Waals surface area contributed by atoms with E-state index in [9.17, 15) is 34.8 Å². The van der Waals surface area contributed by atoms with Gasteiger partial charge in [0, 0.05) is 34.4 Å². The molecule has 0 saturated heterocycles. The van der Waals surface area contributed by atoms with Crippen molar-refractivity contribution in [2.45, 2.75) is 44.9 Å². The van der Waals surface area contributed by atoms with Gasteiger partial charge in [-0.1, -0.05) is 26.0 Å². The maximum absolute atomic E-state index is 16.0. The molecule has 0 unspecified atom stereocenters. The van der Waals surface area contributed by atoms with Crippen LogP contribution in [0.5, 0.6) is 5.75 Å². The second-order valence-corrected chi connectivity index (χ2v) is 11.9. The molecule has 0 aromatic heterocycles. The van der Waals surface area contributed by atoms with Crippen LogP contribution in [0.4, 0.5) is 4.39 Å². The maximum atomic E-state index is 16.0. The Labute approximate surface area is 235 Å². The summed E-state index contributed by atoms with van der Waals surface area (Å²) >= 11 is 0. The number of amides is 1. The van der Waals surface area contributed by atoms with E-state index in [4.69, 9.17) is 5.73 Å². The van der Waals surface area contributed by atoms with Crippen LogP contribution in [0.1, 0.15) is 37.0 Å². The number of nitrogens with zero attached hydrogens (tertiary/aromatic N) is 1. The van der Waals surface area contributed by atoms with Crippen LogP contribution in [0, 0.1) is 23.6 Å². The Morgan fingerprint density at radius 3 is 2.49 bits per heavy atom. The van der Waals surface area contributed by atoms with Gasteiger partial charge >= 0.3 is 0 Å². The summed E-state index contributed by atoms with van der Waals surface area (Å²) in [6.07, 6.45) is -0.216. The highest BCUT2D eigenvalue weighted by atomic mass is 19.1. The molecule has 3 aliphatic carbocycles. The van der Waals surface area contributed by atoms with Gasteiger partial charge in [-0.3, -0.25) is 19.3 Å². The van der Waals surface area contributed by atoms with Crippen LogP contribution < -0.4 is 11.1 Å². The number of Topliss-reactive ketones (excluding diaryl/α,β-unsaturated/α-hetero) is 2.